The summed E-state index contributed by atoms with van der Waals surface area (Å²) in [5.74, 6) is -2.49. The van der Waals surface area contributed by atoms with Gasteiger partial charge in [0.15, 0.2) is 11.8 Å². The van der Waals surface area contributed by atoms with E-state index in [2.05, 4.69) is 0 Å². The minimum absolute atomic E-state index is 0.0193. The van der Waals surface area contributed by atoms with E-state index in [0.29, 0.717) is 62.7 Å². The van der Waals surface area contributed by atoms with E-state index in [1.807, 2.05) is 39.8 Å². The summed E-state index contributed by atoms with van der Waals surface area (Å²) < 4.78 is 70.9. The van der Waals surface area contributed by atoms with Crippen LogP contribution in [0.2, 0.25) is 0 Å². The Hall–Kier alpha value is -6.40. The number of ketones is 2. The molecule has 0 aliphatic carbocycles. The van der Waals surface area contributed by atoms with Crippen molar-refractivity contribution in [2.45, 2.75) is 244 Å². The molecule has 2 aromatic rings. The molecule has 0 saturated carbocycles. The van der Waals surface area contributed by atoms with E-state index in [1.165, 1.54) is 65.0 Å². The van der Waals surface area contributed by atoms with E-state index in [1.54, 1.807) is 117 Å². The van der Waals surface area contributed by atoms with Gasteiger partial charge in [-0.1, -0.05) is 116 Å². The van der Waals surface area contributed by atoms with Crippen LogP contribution in [0.15, 0.2) is 94.5 Å². The number of methoxy groups -OCH3 is 8. The first-order valence-corrected chi connectivity index (χ1v) is 36.0. The van der Waals surface area contributed by atoms with Gasteiger partial charge in [-0.2, -0.15) is 0 Å². The second kappa shape index (κ2) is 48.0. The normalized spacial score (nSPS) is 26.9. The standard InChI is InChI=1S/C78H124N4O22/c1-51(33-35-61(87)53(3)63(95-13)31-25-37-81(9)49-83)67(99-17)43-71-77(5,6)69(89)45-73-79-59(47-101-73)65(97-15)29-23-20-22-28-58(94-12)40-56(86)42-76(92)104-72(44-68(100-18)52(2)34-36-62(88)54(4)64(96-14)32-26-38-82(10)50-84)78(7,8)70(90)46-74-80-60(48-102-74)66(98-16)30-24-19-21-27-57(93-11)39-55(85)41-75(91)103-71/h19-28,37-38,47-58,63-72,85-86,89-90H,29-36,39-46H2,1-18H3/b23-20+,24-19+,27-21+,28-22+,37-25+,38-26+/t51-,52?,53?,54-,55-,56-,57?,58?,63+,64+,65?,66?,67-,68-,69?,70?,71?,72?/m0/s1. The molecule has 0 aromatic carbocycles. The molecule has 3 rings (SSSR count). The number of carbonyl (C=O) groups excluding carboxylic acids is 6. The summed E-state index contributed by atoms with van der Waals surface area (Å²) in [7, 11) is 15.4. The number of fused-ring (bicyclic) bond motifs is 4. The molecule has 0 radical (unpaired) electrons. The van der Waals surface area contributed by atoms with Crippen LogP contribution in [0.5, 0.6) is 0 Å². The number of Topliss-reactive ketones (excluding diaryl/α,β-unsaturated/α-hetero) is 2. The van der Waals surface area contributed by atoms with Crippen molar-refractivity contribution < 1.29 is 105 Å². The molecule has 1 aliphatic rings. The Morgan fingerprint density at radius 1 is 0.548 bits per heavy atom. The molecule has 2 aromatic heterocycles. The molecule has 0 fully saturated rings. The first-order chi connectivity index (χ1) is 49.4. The maximum atomic E-state index is 14.1. The van der Waals surface area contributed by atoms with Crippen molar-refractivity contribution >= 4 is 36.3 Å². The summed E-state index contributed by atoms with van der Waals surface area (Å²) in [6.07, 6.45) is 16.1. The van der Waals surface area contributed by atoms with Gasteiger partial charge in [0.25, 0.3) is 0 Å². The van der Waals surface area contributed by atoms with Gasteiger partial charge in [0.05, 0.1) is 86.7 Å². The molecule has 26 heteroatoms. The van der Waals surface area contributed by atoms with Gasteiger partial charge < -0.3 is 86.4 Å². The number of esters is 2. The number of rotatable bonds is 32. The highest BCUT2D eigenvalue weighted by Crippen LogP contribution is 2.38. The van der Waals surface area contributed by atoms with Crippen LogP contribution in [-0.2, 0) is 89.0 Å². The van der Waals surface area contributed by atoms with Gasteiger partial charge >= 0.3 is 11.9 Å². The first-order valence-electron chi connectivity index (χ1n) is 36.0. The lowest BCUT2D eigenvalue weighted by atomic mass is 9.75. The zero-order valence-electron chi connectivity index (χ0n) is 64.9. The molecule has 104 heavy (non-hydrogen) atoms. The van der Waals surface area contributed by atoms with Crippen LogP contribution < -0.4 is 0 Å². The number of ether oxygens (including phenoxy) is 10. The largest absolute Gasteiger partial charge is 0.462 e. The van der Waals surface area contributed by atoms with E-state index in [0.717, 1.165) is 0 Å². The molecule has 1 aliphatic heterocycles. The van der Waals surface area contributed by atoms with Crippen molar-refractivity contribution in [1.29, 1.82) is 0 Å². The summed E-state index contributed by atoms with van der Waals surface area (Å²) in [6.45, 7) is 14.6. The average Bonchev–Trinajstić information content (AvgIpc) is 1.20. The highest BCUT2D eigenvalue weighted by molar-refractivity contribution is 5.81. The highest BCUT2D eigenvalue weighted by Gasteiger charge is 2.44. The number of aromatic nitrogens is 2. The van der Waals surface area contributed by atoms with Gasteiger partial charge in [0.1, 0.15) is 59.9 Å². The number of aliphatic hydroxyl groups excluding tert-OH is 4. The van der Waals surface area contributed by atoms with Crippen LogP contribution in [0.1, 0.15) is 181 Å². The van der Waals surface area contributed by atoms with E-state index in [-0.39, 0.29) is 86.6 Å². The van der Waals surface area contributed by atoms with Crippen molar-refractivity contribution in [2.75, 3.05) is 71.0 Å². The number of hydrogen-bond donors (Lipinski definition) is 4. The fourth-order valence-corrected chi connectivity index (χ4v) is 12.4. The summed E-state index contributed by atoms with van der Waals surface area (Å²) in [6, 6.07) is 0. The molecule has 0 spiro atoms. The Morgan fingerprint density at radius 2 is 0.904 bits per heavy atom. The minimum Gasteiger partial charge on any atom is -0.462 e. The summed E-state index contributed by atoms with van der Waals surface area (Å²) in [5.41, 5.74) is -1.47. The lowest BCUT2D eigenvalue weighted by Crippen LogP contribution is -2.46. The Bertz CT molecular complexity index is 2810. The molecular formula is C78H124N4O22. The second-order valence-electron chi connectivity index (χ2n) is 28.5. The smallest absolute Gasteiger partial charge is 0.308 e. The highest BCUT2D eigenvalue weighted by atomic mass is 16.6. The fraction of sp³-hybridized carbons (Fsp3) is 0.692. The molecule has 26 nitrogen and oxygen atoms in total. The third kappa shape index (κ3) is 31.2. The van der Waals surface area contributed by atoms with Crippen LogP contribution in [0.4, 0.5) is 0 Å². The van der Waals surface area contributed by atoms with Gasteiger partial charge in [-0.25, -0.2) is 9.97 Å². The maximum Gasteiger partial charge on any atom is 0.308 e. The number of oxazole rings is 2. The van der Waals surface area contributed by atoms with Crippen molar-refractivity contribution in [3.05, 3.63) is 109 Å². The number of amides is 2. The van der Waals surface area contributed by atoms with Gasteiger partial charge in [0, 0.05) is 145 Å². The Morgan fingerprint density at radius 3 is 1.22 bits per heavy atom. The van der Waals surface area contributed by atoms with Crippen LogP contribution >= 0.6 is 0 Å². The summed E-state index contributed by atoms with van der Waals surface area (Å²) >= 11 is 0. The Kier molecular flexibility index (Phi) is 42.4. The molecule has 18 atom stereocenters. The molecule has 2 amide bonds. The zero-order chi connectivity index (χ0) is 77.7. The topological polar surface area (TPSA) is 334 Å². The lowest BCUT2D eigenvalue weighted by Gasteiger charge is -2.40. The van der Waals surface area contributed by atoms with E-state index < -0.39 is 133 Å². The van der Waals surface area contributed by atoms with E-state index >= 15 is 0 Å². The minimum atomic E-state index is -1.21. The van der Waals surface area contributed by atoms with Crippen molar-refractivity contribution in [3.63, 3.8) is 0 Å². The van der Waals surface area contributed by atoms with Crippen LogP contribution in [0, 0.1) is 34.5 Å². The first kappa shape index (κ1) is 91.8. The number of cyclic esters (lactones) is 2. The molecule has 588 valence electrons. The summed E-state index contributed by atoms with van der Waals surface area (Å²) in [4.78, 5) is 89.7. The van der Waals surface area contributed by atoms with Gasteiger partial charge in [-0.3, -0.25) is 28.8 Å². The lowest BCUT2D eigenvalue weighted by molar-refractivity contribution is -0.169. The fourth-order valence-electron chi connectivity index (χ4n) is 12.4. The predicted octanol–water partition coefficient (Wildman–Crippen LogP) is 9.82. The Balaban J connectivity index is 1.99. The number of allylic oxidation sites excluding steroid dienone is 4. The number of nitrogens with zero attached hydrogens (tertiary/aromatic N) is 4. The van der Waals surface area contributed by atoms with Crippen molar-refractivity contribution in [1.82, 2.24) is 19.8 Å². The van der Waals surface area contributed by atoms with E-state index in [4.69, 9.17) is 66.2 Å². The molecular weight excluding hydrogens is 1340 g/mol. The molecule has 10 unspecified atom stereocenters. The second-order valence-corrected chi connectivity index (χ2v) is 28.5. The van der Waals surface area contributed by atoms with Crippen molar-refractivity contribution in [3.8, 4) is 0 Å². The third-order valence-electron chi connectivity index (χ3n) is 20.2. The van der Waals surface area contributed by atoms with Gasteiger partial charge in [0.2, 0.25) is 12.8 Å². The van der Waals surface area contributed by atoms with Gasteiger partial charge in [-0.15, -0.1) is 0 Å². The van der Waals surface area contributed by atoms with Crippen molar-refractivity contribution in [2.24, 2.45) is 34.5 Å². The molecule has 3 heterocycles. The molecule has 4 bridgehead atoms. The van der Waals surface area contributed by atoms with Gasteiger partial charge in [-0.05, 0) is 50.4 Å². The van der Waals surface area contributed by atoms with E-state index in [9.17, 15) is 49.2 Å². The number of aliphatic hydroxyl groups is 4. The summed E-state index contributed by atoms with van der Waals surface area (Å²) in [5, 5.41) is 47.1. The monoisotopic (exact) mass is 1470 g/mol. The average molecular weight is 1470 g/mol. The predicted molar refractivity (Wildman–Crippen MR) is 390 cm³/mol. The molecule has 4 N–H and O–H groups in total. The third-order valence-corrected chi connectivity index (χ3v) is 20.2. The van der Waals surface area contributed by atoms with Crippen LogP contribution in [0.25, 0.3) is 0 Å². The quantitative estimate of drug-likeness (QED) is 0.0391. The Labute approximate surface area is 616 Å². The molecule has 0 saturated heterocycles. The SMILES string of the molecule is COC1/C=C/C=C/CC(OC)c2coc(n2)CC(O)C(C)(C)C(C[C@H](OC)[C@@H](C)CCC(=O)C(C)[C@@H](C/C=C/N(C)C=O)OC)OC(=O)C[C@@H](O)CC(OC)/C=C/C=C/CC(OC)c2coc(n2)CC(O)C(C)(C)C(C[C@H](OC)C(C)CCC(=O)[C@H](C)[C@@H](C/C=C/N(C)C=O)OC)OC(=O)C[C@@H](O)C1. The maximum absolute atomic E-state index is 14.1. The van der Waals surface area contributed by atoms with Crippen LogP contribution in [0.3, 0.4) is 0 Å². The number of carbonyl (C=O) groups is 6. The zero-order valence-corrected chi connectivity index (χ0v) is 64.9. The van der Waals surface area contributed by atoms with Crippen LogP contribution in [-0.4, -0.2) is 221 Å². The number of hydrogen-bond acceptors (Lipinski definition) is 24.